The Morgan fingerprint density at radius 1 is 1.36 bits per heavy atom. The average molecular weight is 327 g/mol. The molecule has 5 nitrogen and oxygen atoms in total. The first kappa shape index (κ1) is 18.9. The molecule has 0 saturated heterocycles. The summed E-state index contributed by atoms with van der Waals surface area (Å²) in [7, 11) is 0. The van der Waals surface area contributed by atoms with Gasteiger partial charge in [-0.2, -0.15) is 0 Å². The molecular weight excluding hydrogens is 298 g/mol. The zero-order valence-corrected chi connectivity index (χ0v) is 15.6. The van der Waals surface area contributed by atoms with Crippen molar-refractivity contribution in [3.8, 4) is 0 Å². The number of hydrogen-bond acceptors (Lipinski definition) is 5. The molecule has 1 heterocycles. The SMILES string of the molecule is CCC(CNC(C)c1sc(C)nc1C)NC(=O)OC(C)(C)C. The van der Waals surface area contributed by atoms with Crippen LogP contribution >= 0.6 is 11.3 Å². The highest BCUT2D eigenvalue weighted by atomic mass is 32.1. The Balaban J connectivity index is 2.50. The number of aromatic nitrogens is 1. The normalized spacial score (nSPS) is 14.5. The van der Waals surface area contributed by atoms with Gasteiger partial charge in [0, 0.05) is 23.5 Å². The minimum Gasteiger partial charge on any atom is -0.444 e. The molecule has 2 N–H and O–H groups in total. The van der Waals surface area contributed by atoms with E-state index in [0.29, 0.717) is 6.54 Å². The van der Waals surface area contributed by atoms with Crippen LogP contribution in [0.4, 0.5) is 4.79 Å². The second-order valence-electron chi connectivity index (χ2n) is 6.56. The Labute approximate surface area is 137 Å². The predicted molar refractivity (Wildman–Crippen MR) is 91.5 cm³/mol. The molecule has 0 spiro atoms. The van der Waals surface area contributed by atoms with E-state index in [1.807, 2.05) is 34.6 Å². The zero-order valence-electron chi connectivity index (χ0n) is 14.7. The highest BCUT2D eigenvalue weighted by molar-refractivity contribution is 7.11. The summed E-state index contributed by atoms with van der Waals surface area (Å²) in [6.07, 6.45) is 0.484. The number of carbonyl (C=O) groups is 1. The Kier molecular flexibility index (Phi) is 6.81. The molecule has 1 aromatic rings. The molecule has 0 fully saturated rings. The Bertz CT molecular complexity index is 494. The van der Waals surface area contributed by atoms with Crippen LogP contribution in [0.15, 0.2) is 0 Å². The molecular formula is C16H29N3O2S. The summed E-state index contributed by atoms with van der Waals surface area (Å²) in [5, 5.41) is 7.47. The molecule has 0 aliphatic carbocycles. The highest BCUT2D eigenvalue weighted by Gasteiger charge is 2.20. The van der Waals surface area contributed by atoms with Gasteiger partial charge in [-0.15, -0.1) is 11.3 Å². The second kappa shape index (κ2) is 7.92. The first-order valence-corrected chi connectivity index (χ1v) is 8.60. The molecule has 1 aromatic heterocycles. The van der Waals surface area contributed by atoms with Gasteiger partial charge in [0.25, 0.3) is 0 Å². The van der Waals surface area contributed by atoms with Crippen LogP contribution < -0.4 is 10.6 Å². The molecule has 2 unspecified atom stereocenters. The van der Waals surface area contributed by atoms with E-state index < -0.39 is 5.60 Å². The number of alkyl carbamates (subject to hydrolysis) is 1. The van der Waals surface area contributed by atoms with Crippen molar-refractivity contribution in [2.45, 2.75) is 72.6 Å². The molecule has 0 radical (unpaired) electrons. The van der Waals surface area contributed by atoms with Crippen molar-refractivity contribution in [2.75, 3.05) is 6.54 Å². The number of thiazole rings is 1. The molecule has 0 aromatic carbocycles. The van der Waals surface area contributed by atoms with Crippen molar-refractivity contribution in [1.29, 1.82) is 0 Å². The lowest BCUT2D eigenvalue weighted by Crippen LogP contribution is -2.44. The maximum Gasteiger partial charge on any atom is 0.407 e. The zero-order chi connectivity index (χ0) is 16.9. The number of hydrogen-bond donors (Lipinski definition) is 2. The fraction of sp³-hybridized carbons (Fsp3) is 0.750. The van der Waals surface area contributed by atoms with E-state index in [2.05, 4.69) is 29.5 Å². The van der Waals surface area contributed by atoms with Gasteiger partial charge in [-0.1, -0.05) is 6.92 Å². The van der Waals surface area contributed by atoms with Crippen LogP contribution in [-0.4, -0.2) is 29.3 Å². The van der Waals surface area contributed by atoms with E-state index in [-0.39, 0.29) is 18.2 Å². The Hall–Kier alpha value is -1.14. The first-order chi connectivity index (χ1) is 10.1. The number of nitrogens with zero attached hydrogens (tertiary/aromatic N) is 1. The van der Waals surface area contributed by atoms with Crippen LogP contribution in [0.2, 0.25) is 0 Å². The smallest absolute Gasteiger partial charge is 0.407 e. The topological polar surface area (TPSA) is 63.2 Å². The molecule has 126 valence electrons. The van der Waals surface area contributed by atoms with Gasteiger partial charge in [-0.25, -0.2) is 9.78 Å². The third-order valence-corrected chi connectivity index (χ3v) is 4.47. The molecule has 1 amide bonds. The number of amides is 1. The van der Waals surface area contributed by atoms with E-state index >= 15 is 0 Å². The minimum atomic E-state index is -0.472. The Morgan fingerprint density at radius 3 is 2.45 bits per heavy atom. The number of rotatable bonds is 6. The summed E-state index contributed by atoms with van der Waals surface area (Å²) >= 11 is 1.72. The molecule has 0 aliphatic rings. The van der Waals surface area contributed by atoms with Crippen LogP contribution in [-0.2, 0) is 4.74 Å². The van der Waals surface area contributed by atoms with Gasteiger partial charge in [0.1, 0.15) is 5.60 Å². The number of aryl methyl sites for hydroxylation is 2. The molecule has 1 rings (SSSR count). The lowest BCUT2D eigenvalue weighted by Gasteiger charge is -2.24. The lowest BCUT2D eigenvalue weighted by molar-refractivity contribution is 0.0502. The summed E-state index contributed by atoms with van der Waals surface area (Å²) in [5.74, 6) is 0. The van der Waals surface area contributed by atoms with Gasteiger partial charge in [0.05, 0.1) is 10.7 Å². The van der Waals surface area contributed by atoms with E-state index in [0.717, 1.165) is 17.1 Å². The van der Waals surface area contributed by atoms with Crippen LogP contribution in [0.25, 0.3) is 0 Å². The van der Waals surface area contributed by atoms with E-state index in [1.165, 1.54) is 4.88 Å². The maximum atomic E-state index is 11.8. The quantitative estimate of drug-likeness (QED) is 0.836. The molecule has 0 saturated carbocycles. The molecule has 22 heavy (non-hydrogen) atoms. The van der Waals surface area contributed by atoms with E-state index in [9.17, 15) is 4.79 Å². The second-order valence-corrected chi connectivity index (χ2v) is 7.80. The maximum absolute atomic E-state index is 11.8. The summed E-state index contributed by atoms with van der Waals surface area (Å²) in [6.45, 7) is 14.5. The number of carbonyl (C=O) groups excluding carboxylic acids is 1. The third kappa shape index (κ3) is 6.32. The summed E-state index contributed by atoms with van der Waals surface area (Å²) in [6, 6.07) is 0.271. The van der Waals surface area contributed by atoms with E-state index in [1.54, 1.807) is 11.3 Å². The fourth-order valence-corrected chi connectivity index (χ4v) is 3.09. The van der Waals surface area contributed by atoms with Crippen LogP contribution in [0.1, 0.15) is 62.7 Å². The van der Waals surface area contributed by atoms with Gasteiger partial charge < -0.3 is 15.4 Å². The van der Waals surface area contributed by atoms with Gasteiger partial charge in [-0.05, 0) is 48.0 Å². The molecule has 0 bridgehead atoms. The van der Waals surface area contributed by atoms with Crippen molar-refractivity contribution >= 4 is 17.4 Å². The van der Waals surface area contributed by atoms with Crippen LogP contribution in [0.5, 0.6) is 0 Å². The fourth-order valence-electron chi connectivity index (χ4n) is 2.13. The average Bonchev–Trinajstić information content (AvgIpc) is 2.71. The predicted octanol–water partition coefficient (Wildman–Crippen LogP) is 3.71. The van der Waals surface area contributed by atoms with Crippen molar-refractivity contribution in [3.63, 3.8) is 0 Å². The minimum absolute atomic E-state index is 0.0478. The van der Waals surface area contributed by atoms with Crippen molar-refractivity contribution in [1.82, 2.24) is 15.6 Å². The van der Waals surface area contributed by atoms with Crippen LogP contribution in [0, 0.1) is 13.8 Å². The summed E-state index contributed by atoms with van der Waals surface area (Å²) < 4.78 is 5.30. The van der Waals surface area contributed by atoms with Crippen molar-refractivity contribution < 1.29 is 9.53 Å². The highest BCUT2D eigenvalue weighted by Crippen LogP contribution is 2.24. The van der Waals surface area contributed by atoms with Gasteiger partial charge >= 0.3 is 6.09 Å². The standard InChI is InChI=1S/C16H29N3O2S/c1-8-13(19-15(20)21-16(5,6)7)9-17-10(2)14-11(3)18-12(4)22-14/h10,13,17H,8-9H2,1-7H3,(H,19,20). The third-order valence-electron chi connectivity index (χ3n) is 3.22. The summed E-state index contributed by atoms with van der Waals surface area (Å²) in [5.41, 5.74) is 0.607. The lowest BCUT2D eigenvalue weighted by atomic mass is 10.2. The Morgan fingerprint density at radius 2 is 2.00 bits per heavy atom. The summed E-state index contributed by atoms with van der Waals surface area (Å²) in [4.78, 5) is 17.5. The van der Waals surface area contributed by atoms with Crippen molar-refractivity contribution in [3.05, 3.63) is 15.6 Å². The van der Waals surface area contributed by atoms with Gasteiger partial charge in [0.2, 0.25) is 0 Å². The number of ether oxygens (including phenoxy) is 1. The van der Waals surface area contributed by atoms with Crippen molar-refractivity contribution in [2.24, 2.45) is 0 Å². The molecule has 6 heteroatoms. The molecule has 2 atom stereocenters. The van der Waals surface area contributed by atoms with Crippen LogP contribution in [0.3, 0.4) is 0 Å². The number of nitrogens with one attached hydrogen (secondary N) is 2. The van der Waals surface area contributed by atoms with Gasteiger partial charge in [-0.3, -0.25) is 0 Å². The largest absolute Gasteiger partial charge is 0.444 e. The van der Waals surface area contributed by atoms with Gasteiger partial charge in [0.15, 0.2) is 0 Å². The van der Waals surface area contributed by atoms with E-state index in [4.69, 9.17) is 4.74 Å². The first-order valence-electron chi connectivity index (χ1n) is 7.79. The molecule has 0 aliphatic heterocycles. The monoisotopic (exact) mass is 327 g/mol.